The van der Waals surface area contributed by atoms with Crippen LogP contribution in [-0.4, -0.2) is 143 Å². The Morgan fingerprint density at radius 3 is 1.25 bits per heavy atom. The van der Waals surface area contributed by atoms with Crippen LogP contribution in [0.3, 0.4) is 0 Å². The van der Waals surface area contributed by atoms with Crippen molar-refractivity contribution < 1.29 is 0 Å². The summed E-state index contributed by atoms with van der Waals surface area (Å²) in [5, 5.41) is 0. The SMILES string of the molecule is [B][B][B]B([B][B])B(B([B][B])[B][B])B([B][B])B([B][B])[B][B]. The molecule has 0 fully saturated rings. The highest BCUT2D eigenvalue weighted by Crippen LogP contribution is 2.01. The Labute approximate surface area is 142 Å². The van der Waals surface area contributed by atoms with Crippen LogP contribution in [0.4, 0.5) is 0 Å². The van der Waals surface area contributed by atoms with Crippen LogP contribution in [0.1, 0.15) is 0 Å². The third kappa shape index (κ3) is 6.19. The van der Waals surface area contributed by atoms with Crippen molar-refractivity contribution in [1.29, 1.82) is 0 Å². The fourth-order valence-electron chi connectivity index (χ4n) is 2.37. The molecule has 0 saturated heterocycles. The molecule has 0 aromatic carbocycles. The van der Waals surface area contributed by atoms with Crippen molar-refractivity contribution in [3.05, 3.63) is 0 Å². The van der Waals surface area contributed by atoms with E-state index in [1.165, 1.54) is 49.4 Å². The quantitative estimate of drug-likeness (QED) is 0.284. The van der Waals surface area contributed by atoms with Crippen molar-refractivity contribution in [3.63, 3.8) is 0 Å². The molecule has 0 aromatic heterocycles. The first-order valence-electron chi connectivity index (χ1n) is 6.33. The molecule has 0 spiro atoms. The Morgan fingerprint density at radius 2 is 0.950 bits per heavy atom. The van der Waals surface area contributed by atoms with E-state index in [0.717, 1.165) is 0 Å². The van der Waals surface area contributed by atoms with Crippen molar-refractivity contribution >= 4 is 143 Å². The zero-order valence-corrected chi connectivity index (χ0v) is 11.5. The normalized spacial score (nSPS) is 8.40. The highest BCUT2D eigenvalue weighted by molar-refractivity contribution is 8.14. The molecule has 0 bridgehead atoms. The topological polar surface area (TPSA) is 0 Å². The lowest BCUT2D eigenvalue weighted by Crippen LogP contribution is -2.76. The van der Waals surface area contributed by atoms with Crippen molar-refractivity contribution in [2.45, 2.75) is 0 Å². The summed E-state index contributed by atoms with van der Waals surface area (Å²) in [5.74, 6) is 0. The van der Waals surface area contributed by atoms with Crippen LogP contribution in [0, 0.1) is 0 Å². The minimum Gasteiger partial charge on any atom is 0 e. The Morgan fingerprint density at radius 1 is 0.500 bits per heavy atom. The Hall–Kier alpha value is 1.30. The van der Waals surface area contributed by atoms with E-state index in [2.05, 4.69) is 0 Å². The maximum atomic E-state index is 5.77. The molecule has 0 N–H and O–H groups in total. The first-order chi connectivity index (χ1) is 9.64. The van der Waals surface area contributed by atoms with Crippen molar-refractivity contribution in [3.8, 4) is 0 Å². The lowest BCUT2D eigenvalue weighted by molar-refractivity contribution is 3.38. The largest absolute Gasteiger partial charge is 0 e. The van der Waals surface area contributed by atoms with E-state index in [0.29, 0.717) is 0 Å². The van der Waals surface area contributed by atoms with Crippen molar-refractivity contribution in [2.24, 2.45) is 0 Å². The zero-order valence-electron chi connectivity index (χ0n) is 11.5. The van der Waals surface area contributed by atoms with Crippen LogP contribution >= 0.6 is 0 Å². The van der Waals surface area contributed by atoms with E-state index in [1.807, 2.05) is 0 Å². The molecule has 0 rings (SSSR count). The minimum atomic E-state index is -0.235. The van der Waals surface area contributed by atoms with E-state index >= 15 is 0 Å². The molecule has 0 heterocycles. The van der Waals surface area contributed by atoms with Gasteiger partial charge < -0.3 is 0 Å². The van der Waals surface area contributed by atoms with Gasteiger partial charge in [0.1, 0.15) is 0 Å². The van der Waals surface area contributed by atoms with Gasteiger partial charge in [0.05, 0.1) is 0 Å². The van der Waals surface area contributed by atoms with Gasteiger partial charge in [-0.1, -0.05) is 0 Å². The molecule has 20 heavy (non-hydrogen) atoms. The highest BCUT2D eigenvalue weighted by atomic mass is 13.2. The molecule has 0 aliphatic carbocycles. The van der Waals surface area contributed by atoms with Gasteiger partial charge in [0.25, 0.3) is 0 Å². The zero-order chi connectivity index (χ0) is 15.5. The Balaban J connectivity index is 5.32. The summed E-state index contributed by atoms with van der Waals surface area (Å²) >= 11 is 0. The molecule has 0 aliphatic rings. The van der Waals surface area contributed by atoms with E-state index < -0.39 is 0 Å². The third-order valence-corrected chi connectivity index (χ3v) is 3.44. The molecule has 20 heteroatoms. The monoisotopic (exact) mass is 220 g/mol. The Bertz CT molecular complexity index is 200. The number of hydrogen-bond donors (Lipinski definition) is 0. The van der Waals surface area contributed by atoms with Gasteiger partial charge in [0, 0.05) is 143 Å². The first kappa shape index (κ1) is 21.3. The van der Waals surface area contributed by atoms with Crippen LogP contribution in [0.25, 0.3) is 0 Å². The second-order valence-corrected chi connectivity index (χ2v) is 4.43. The molecule has 0 saturated carbocycles. The van der Waals surface area contributed by atoms with Gasteiger partial charge in [-0.05, 0) is 0 Å². The Kier molecular flexibility index (Phi) is 13.6. The summed E-state index contributed by atoms with van der Waals surface area (Å²) in [6, 6.07) is 0. The fraction of sp³-hybridized carbons (Fsp3) is 0. The van der Waals surface area contributed by atoms with E-state index in [4.69, 9.17) is 54.2 Å². The highest BCUT2D eigenvalue weighted by Gasteiger charge is 2.39. The summed E-state index contributed by atoms with van der Waals surface area (Å²) in [6.45, 7) is 0. The van der Waals surface area contributed by atoms with Gasteiger partial charge >= 0.3 is 0 Å². The molecule has 0 atom stereocenters. The molecule has 0 amide bonds. The summed E-state index contributed by atoms with van der Waals surface area (Å²) in [5.41, 5.74) is 0. The van der Waals surface area contributed by atoms with Crippen LogP contribution in [-0.2, 0) is 0 Å². The molecule has 0 nitrogen and oxygen atoms in total. The average molecular weight is 216 g/mol. The third-order valence-electron chi connectivity index (χ3n) is 3.44. The molecule has 0 aromatic rings. The van der Waals surface area contributed by atoms with Crippen molar-refractivity contribution in [1.82, 2.24) is 0 Å². The van der Waals surface area contributed by atoms with Crippen LogP contribution in [0.2, 0.25) is 0 Å². The van der Waals surface area contributed by atoms with Crippen LogP contribution < -0.4 is 0 Å². The second-order valence-electron chi connectivity index (χ2n) is 4.43. The molecule has 0 unspecified atom stereocenters. The van der Waals surface area contributed by atoms with Gasteiger partial charge in [0.2, 0.25) is 0 Å². The maximum absolute atomic E-state index is 5.77. The number of rotatable bonds is 12. The van der Waals surface area contributed by atoms with Crippen LogP contribution in [0.5, 0.6) is 0 Å². The van der Waals surface area contributed by atoms with Crippen LogP contribution in [0.15, 0.2) is 0 Å². The molecule has 0 aliphatic heterocycles. The summed E-state index contributed by atoms with van der Waals surface area (Å²) in [6.07, 6.45) is -0.999. The molecule has 22 radical (unpaired) electrons. The summed E-state index contributed by atoms with van der Waals surface area (Å²) in [7, 11) is 51.7. The molecule has 60 valence electrons. The average Bonchev–Trinajstić information content (AvgIpc) is 2.49. The fourth-order valence-corrected chi connectivity index (χ4v) is 2.37. The van der Waals surface area contributed by atoms with Crippen molar-refractivity contribution in [2.75, 3.05) is 0 Å². The smallest absolute Gasteiger partial charge is 0 e. The number of hydrogen-bond acceptors (Lipinski definition) is 0. The lowest BCUT2D eigenvalue weighted by Gasteiger charge is -2.38. The standard InChI is InChI=1S/B20/c1-8-15-18(13-6)20(17(11-4)12-5)19(14-7)16(9-2)10-3. The van der Waals surface area contributed by atoms with Gasteiger partial charge in [-0.2, -0.15) is 0 Å². The van der Waals surface area contributed by atoms with E-state index in [1.54, 1.807) is 7.06 Å². The first-order valence-corrected chi connectivity index (χ1v) is 6.33. The minimum absolute atomic E-state index is 0.149. The summed E-state index contributed by atoms with van der Waals surface area (Å²) in [4.78, 5) is 0. The van der Waals surface area contributed by atoms with Gasteiger partial charge in [-0.15, -0.1) is 0 Å². The lowest BCUT2D eigenvalue weighted by atomic mass is 8.44. The predicted octanol–water partition coefficient (Wildman–Crippen LogP) is -7.62. The predicted molar refractivity (Wildman–Crippen MR) is 115 cm³/mol. The summed E-state index contributed by atoms with van der Waals surface area (Å²) < 4.78 is 0. The maximum Gasteiger partial charge on any atom is 0 e. The van der Waals surface area contributed by atoms with Gasteiger partial charge in [0.15, 0.2) is 0 Å². The molecular formula is B20. The molecular weight excluding hydrogens is 216 g/mol. The van der Waals surface area contributed by atoms with E-state index in [9.17, 15) is 0 Å². The second kappa shape index (κ2) is 12.8. The van der Waals surface area contributed by atoms with E-state index in [-0.39, 0.29) is 31.9 Å². The van der Waals surface area contributed by atoms with Gasteiger partial charge in [-0.25, -0.2) is 0 Å². The van der Waals surface area contributed by atoms with Gasteiger partial charge in [-0.3, -0.25) is 0 Å².